The zero-order valence-electron chi connectivity index (χ0n) is 12.5. The number of rotatable bonds is 0. The van der Waals surface area contributed by atoms with Gasteiger partial charge in [0, 0.05) is 18.9 Å². The Balaban J connectivity index is 1.88. The van der Waals surface area contributed by atoms with E-state index in [0.29, 0.717) is 6.42 Å². The summed E-state index contributed by atoms with van der Waals surface area (Å²) in [4.78, 5) is 24.2. The van der Waals surface area contributed by atoms with Gasteiger partial charge in [0.1, 0.15) is 17.1 Å². The van der Waals surface area contributed by atoms with Crippen LogP contribution >= 0.6 is 0 Å². The highest BCUT2D eigenvalue weighted by Gasteiger charge is 2.37. The van der Waals surface area contributed by atoms with Gasteiger partial charge in [-0.25, -0.2) is 4.79 Å². The first-order valence-corrected chi connectivity index (χ1v) is 7.61. The van der Waals surface area contributed by atoms with Crippen molar-refractivity contribution in [3.8, 4) is 11.5 Å². The summed E-state index contributed by atoms with van der Waals surface area (Å²) in [6.45, 7) is 0.184. The zero-order chi connectivity index (χ0) is 16.4. The van der Waals surface area contributed by atoms with E-state index in [1.807, 2.05) is 0 Å². The highest BCUT2D eigenvalue weighted by molar-refractivity contribution is 5.98. The molecule has 3 rings (SSSR count). The summed E-state index contributed by atoms with van der Waals surface area (Å²) < 4.78 is 10.6. The van der Waals surface area contributed by atoms with Crippen LogP contribution in [0.5, 0.6) is 11.5 Å². The lowest BCUT2D eigenvalue weighted by atomic mass is 10.00. The van der Waals surface area contributed by atoms with E-state index in [1.165, 1.54) is 12.1 Å². The molecule has 2 aliphatic rings. The van der Waals surface area contributed by atoms with Gasteiger partial charge >= 0.3 is 5.97 Å². The Morgan fingerprint density at radius 3 is 2.70 bits per heavy atom. The molecule has 0 saturated carbocycles. The minimum atomic E-state index is -0.705. The van der Waals surface area contributed by atoms with Gasteiger partial charge in [0.25, 0.3) is 0 Å². The molecule has 2 aliphatic heterocycles. The Labute approximate surface area is 133 Å². The van der Waals surface area contributed by atoms with Crippen molar-refractivity contribution in [3.63, 3.8) is 0 Å². The lowest BCUT2D eigenvalue weighted by Gasteiger charge is -2.11. The van der Waals surface area contributed by atoms with E-state index in [1.54, 1.807) is 6.08 Å². The molecule has 0 aliphatic carbocycles. The van der Waals surface area contributed by atoms with Crippen molar-refractivity contribution in [3.05, 3.63) is 35.4 Å². The average molecular weight is 318 g/mol. The average Bonchev–Trinajstić information content (AvgIpc) is 3.20. The number of allylic oxidation sites excluding steroid dienone is 2. The molecule has 2 heterocycles. The van der Waals surface area contributed by atoms with Crippen molar-refractivity contribution in [1.29, 1.82) is 0 Å². The number of carbonyl (C=O) groups is 2. The van der Waals surface area contributed by atoms with Crippen molar-refractivity contribution < 1.29 is 29.3 Å². The fourth-order valence-corrected chi connectivity index (χ4v) is 2.79. The third-order valence-electron chi connectivity index (χ3n) is 4.00. The molecule has 1 saturated heterocycles. The first-order chi connectivity index (χ1) is 11.0. The molecule has 0 radical (unpaired) electrons. The van der Waals surface area contributed by atoms with E-state index in [4.69, 9.17) is 9.47 Å². The van der Waals surface area contributed by atoms with Gasteiger partial charge in [0.15, 0.2) is 5.78 Å². The maximum atomic E-state index is 12.2. The van der Waals surface area contributed by atoms with Crippen molar-refractivity contribution in [1.82, 2.24) is 0 Å². The van der Waals surface area contributed by atoms with Gasteiger partial charge in [-0.05, 0) is 30.5 Å². The smallest absolute Gasteiger partial charge is 0.342 e. The second kappa shape index (κ2) is 6.42. The number of hydrogen-bond acceptors (Lipinski definition) is 6. The summed E-state index contributed by atoms with van der Waals surface area (Å²) >= 11 is 0. The van der Waals surface area contributed by atoms with Crippen molar-refractivity contribution >= 4 is 11.8 Å². The Kier molecular flexibility index (Phi) is 4.34. The number of fused-ring (bicyclic) bond motifs is 2. The van der Waals surface area contributed by atoms with E-state index in [2.05, 4.69) is 0 Å². The van der Waals surface area contributed by atoms with Crippen molar-refractivity contribution in [2.24, 2.45) is 0 Å². The van der Waals surface area contributed by atoms with Gasteiger partial charge in [-0.2, -0.15) is 0 Å². The minimum absolute atomic E-state index is 0.0742. The minimum Gasteiger partial charge on any atom is -0.508 e. The Bertz CT molecular complexity index is 663. The number of epoxide rings is 1. The van der Waals surface area contributed by atoms with Gasteiger partial charge in [-0.15, -0.1) is 0 Å². The molecule has 23 heavy (non-hydrogen) atoms. The first kappa shape index (κ1) is 15.6. The molecular formula is C17H18O6. The van der Waals surface area contributed by atoms with E-state index >= 15 is 0 Å². The number of ketones is 1. The lowest BCUT2D eigenvalue weighted by Crippen LogP contribution is -2.13. The second-order valence-electron chi connectivity index (χ2n) is 5.76. The van der Waals surface area contributed by atoms with Crippen LogP contribution in [-0.2, 0) is 20.7 Å². The summed E-state index contributed by atoms with van der Waals surface area (Å²) in [7, 11) is 0. The molecular weight excluding hydrogens is 300 g/mol. The number of phenols is 2. The van der Waals surface area contributed by atoms with Crippen LogP contribution in [0.1, 0.15) is 35.2 Å². The van der Waals surface area contributed by atoms with Gasteiger partial charge in [-0.1, -0.05) is 6.08 Å². The Morgan fingerprint density at radius 1 is 1.09 bits per heavy atom. The van der Waals surface area contributed by atoms with Gasteiger partial charge in [0.05, 0.1) is 18.8 Å². The predicted octanol–water partition coefficient (Wildman–Crippen LogP) is 1.87. The van der Waals surface area contributed by atoms with E-state index in [0.717, 1.165) is 18.9 Å². The summed E-state index contributed by atoms with van der Waals surface area (Å²) in [5.41, 5.74) is 0.176. The Hall–Kier alpha value is -2.34. The maximum Gasteiger partial charge on any atom is 0.342 e. The molecule has 6 heteroatoms. The van der Waals surface area contributed by atoms with Crippen LogP contribution in [-0.4, -0.2) is 40.8 Å². The van der Waals surface area contributed by atoms with Crippen LogP contribution in [0.25, 0.3) is 0 Å². The van der Waals surface area contributed by atoms with Gasteiger partial charge in [-0.3, -0.25) is 4.79 Å². The molecule has 0 spiro atoms. The first-order valence-electron chi connectivity index (χ1n) is 7.61. The van der Waals surface area contributed by atoms with E-state index < -0.39 is 11.7 Å². The molecule has 1 aromatic carbocycles. The van der Waals surface area contributed by atoms with Crippen LogP contribution in [0.15, 0.2) is 24.3 Å². The number of phenolic OH excluding ortho intramolecular Hbond substituents is 2. The molecule has 1 fully saturated rings. The summed E-state index contributed by atoms with van der Waals surface area (Å²) in [6, 6.07) is 2.36. The van der Waals surface area contributed by atoms with Crippen LogP contribution < -0.4 is 0 Å². The Morgan fingerprint density at radius 2 is 1.87 bits per heavy atom. The van der Waals surface area contributed by atoms with Crippen LogP contribution in [0, 0.1) is 0 Å². The number of benzene rings is 1. The molecule has 2 atom stereocenters. The second-order valence-corrected chi connectivity index (χ2v) is 5.76. The monoisotopic (exact) mass is 318 g/mol. The highest BCUT2D eigenvalue weighted by atomic mass is 16.6. The molecule has 6 nitrogen and oxygen atoms in total. The normalized spacial score (nSPS) is 26.4. The molecule has 2 N–H and O–H groups in total. The molecule has 122 valence electrons. The molecule has 0 aromatic heterocycles. The third kappa shape index (κ3) is 3.71. The number of cyclic esters (lactones) is 1. The topological polar surface area (TPSA) is 96.4 Å². The van der Waals surface area contributed by atoms with E-state index in [-0.39, 0.29) is 47.9 Å². The fourth-order valence-electron chi connectivity index (χ4n) is 2.79. The van der Waals surface area contributed by atoms with Crippen molar-refractivity contribution in [2.45, 2.75) is 37.9 Å². The maximum absolute atomic E-state index is 12.2. The van der Waals surface area contributed by atoms with Crippen LogP contribution in [0.4, 0.5) is 0 Å². The molecule has 0 bridgehead atoms. The van der Waals surface area contributed by atoms with Gasteiger partial charge < -0.3 is 19.7 Å². The number of ether oxygens (including phenoxy) is 2. The summed E-state index contributed by atoms with van der Waals surface area (Å²) in [5.74, 6) is -1.52. The number of hydrogen-bond donors (Lipinski definition) is 2. The largest absolute Gasteiger partial charge is 0.508 e. The quantitative estimate of drug-likeness (QED) is 0.560. The van der Waals surface area contributed by atoms with E-state index in [9.17, 15) is 19.8 Å². The molecule has 0 amide bonds. The van der Waals surface area contributed by atoms with Crippen LogP contribution in [0.3, 0.4) is 0 Å². The SMILES string of the molecule is O=C1/C=C/CC[C@H]2O[C@@H]2CCOC(=O)c2c(O)cc(O)cc2C1. The standard InChI is InChI=1S/C17H18O6/c18-11-3-1-2-4-14-15(23-14)5-6-22-17(21)16-10(7-11)8-12(19)9-13(16)20/h1,3,8-9,14-15,19-20H,2,4-7H2/b3-1+/t14-,15-/m1/s1. The lowest BCUT2D eigenvalue weighted by molar-refractivity contribution is -0.114. The third-order valence-corrected chi connectivity index (χ3v) is 4.00. The van der Waals surface area contributed by atoms with Crippen molar-refractivity contribution in [2.75, 3.05) is 6.61 Å². The fraction of sp³-hybridized carbons (Fsp3) is 0.412. The zero-order valence-corrected chi connectivity index (χ0v) is 12.5. The molecule has 0 unspecified atom stereocenters. The number of aromatic hydroxyl groups is 2. The van der Waals surface area contributed by atoms with Crippen LogP contribution in [0.2, 0.25) is 0 Å². The highest BCUT2D eigenvalue weighted by Crippen LogP contribution is 2.31. The summed E-state index contributed by atoms with van der Waals surface area (Å²) in [6.07, 6.45) is 5.58. The predicted molar refractivity (Wildman–Crippen MR) is 80.4 cm³/mol. The number of esters is 1. The van der Waals surface area contributed by atoms with Gasteiger partial charge in [0.2, 0.25) is 0 Å². The molecule has 1 aromatic rings. The number of carbonyl (C=O) groups excluding carboxylic acids is 2. The summed E-state index contributed by atoms with van der Waals surface area (Å²) in [5, 5.41) is 19.5.